The summed E-state index contributed by atoms with van der Waals surface area (Å²) in [7, 11) is -4.59. The van der Waals surface area contributed by atoms with E-state index in [0.29, 0.717) is 0 Å². The summed E-state index contributed by atoms with van der Waals surface area (Å²) >= 11 is 0. The summed E-state index contributed by atoms with van der Waals surface area (Å²) in [5, 5.41) is 0. The minimum Gasteiger partial charge on any atom is -0.394 e. The van der Waals surface area contributed by atoms with Gasteiger partial charge in [0.2, 0.25) is 0 Å². The largest absolute Gasteiger partial charge is 0.394 e. The van der Waals surface area contributed by atoms with Gasteiger partial charge in [0.1, 0.15) is 0 Å². The number of hydrogen-bond donors (Lipinski definition) is 0. The van der Waals surface area contributed by atoms with Crippen LogP contribution in [0.5, 0.6) is 0 Å². The molecule has 0 amide bonds. The zero-order valence-electron chi connectivity index (χ0n) is 18.8. The summed E-state index contributed by atoms with van der Waals surface area (Å²) < 4.78 is 25.0. The van der Waals surface area contributed by atoms with Crippen LogP contribution in [0.2, 0.25) is 24.2 Å². The van der Waals surface area contributed by atoms with Crippen LogP contribution in [0.1, 0.15) is 53.4 Å². The first-order chi connectivity index (χ1) is 13.6. The molecule has 28 heavy (non-hydrogen) atoms. The summed E-state index contributed by atoms with van der Waals surface area (Å²) in [6.07, 6.45) is 12.3. The van der Waals surface area contributed by atoms with Gasteiger partial charge >= 0.3 is 17.1 Å². The lowest BCUT2D eigenvalue weighted by molar-refractivity contribution is 0.171. The molecule has 0 bridgehead atoms. The lowest BCUT2D eigenvalue weighted by atomic mass is 10.5. The van der Waals surface area contributed by atoms with Gasteiger partial charge in [0, 0.05) is 50.6 Å². The predicted molar refractivity (Wildman–Crippen MR) is 125 cm³/mol. The Hall–Kier alpha value is -0.506. The van der Waals surface area contributed by atoms with Crippen LogP contribution < -0.4 is 0 Å². The standard InChI is InChI=1S/C22H44O4Si2/c1-7-15-23-27(19-11-5,24-16-8-2)21-13-14-22-28(20-12-6,25-17-9-3)26-18-10-4/h11-14H,5-10,15-22H2,1-4H3. The molecule has 0 saturated heterocycles. The molecule has 0 atom stereocenters. The third-order valence-electron chi connectivity index (χ3n) is 4.21. The van der Waals surface area contributed by atoms with Gasteiger partial charge in [0.05, 0.1) is 0 Å². The van der Waals surface area contributed by atoms with Gasteiger partial charge in [0.15, 0.2) is 0 Å². The van der Waals surface area contributed by atoms with Gasteiger partial charge in [-0.1, -0.05) is 52.0 Å². The molecule has 4 nitrogen and oxygen atoms in total. The highest BCUT2D eigenvalue weighted by atomic mass is 28.4. The maximum atomic E-state index is 6.26. The highest BCUT2D eigenvalue weighted by Gasteiger charge is 2.37. The summed E-state index contributed by atoms with van der Waals surface area (Å²) in [6, 6.07) is 3.29. The van der Waals surface area contributed by atoms with Crippen LogP contribution in [0.15, 0.2) is 37.5 Å². The Balaban J connectivity index is 5.18. The lowest BCUT2D eigenvalue weighted by Gasteiger charge is -2.30. The van der Waals surface area contributed by atoms with Crippen LogP contribution in [0.4, 0.5) is 0 Å². The minimum atomic E-state index is -2.29. The van der Waals surface area contributed by atoms with Crippen LogP contribution in [0.25, 0.3) is 0 Å². The van der Waals surface area contributed by atoms with E-state index in [1.165, 1.54) is 0 Å². The molecule has 0 heterocycles. The van der Waals surface area contributed by atoms with Crippen molar-refractivity contribution in [2.45, 2.75) is 77.6 Å². The van der Waals surface area contributed by atoms with E-state index in [2.05, 4.69) is 53.0 Å². The van der Waals surface area contributed by atoms with Gasteiger partial charge in [-0.25, -0.2) is 0 Å². The lowest BCUT2D eigenvalue weighted by Crippen LogP contribution is -2.42. The molecule has 0 rings (SSSR count). The van der Waals surface area contributed by atoms with Crippen LogP contribution >= 0.6 is 0 Å². The zero-order chi connectivity index (χ0) is 21.1. The Bertz CT molecular complexity index is 373. The molecule has 0 N–H and O–H groups in total. The first-order valence-electron chi connectivity index (χ1n) is 11.0. The van der Waals surface area contributed by atoms with E-state index in [9.17, 15) is 0 Å². The fourth-order valence-corrected chi connectivity index (χ4v) is 8.52. The molecule has 0 spiro atoms. The monoisotopic (exact) mass is 428 g/mol. The Kier molecular flexibility index (Phi) is 17.0. The van der Waals surface area contributed by atoms with Gasteiger partial charge < -0.3 is 17.7 Å². The summed E-state index contributed by atoms with van der Waals surface area (Å²) in [5.74, 6) is 0. The van der Waals surface area contributed by atoms with Crippen molar-refractivity contribution in [3.05, 3.63) is 37.5 Å². The fraction of sp³-hybridized carbons (Fsp3) is 0.727. The SMILES string of the molecule is C=CC[Si](CC=CC[Si](CC=C)(OCCC)OCCC)(OCCC)OCCC. The zero-order valence-corrected chi connectivity index (χ0v) is 20.8. The Morgan fingerprint density at radius 2 is 0.821 bits per heavy atom. The molecule has 0 aromatic heterocycles. The highest BCUT2D eigenvalue weighted by molar-refractivity contribution is 6.69. The van der Waals surface area contributed by atoms with Crippen LogP contribution in [-0.4, -0.2) is 43.5 Å². The quantitative estimate of drug-likeness (QED) is 0.164. The van der Waals surface area contributed by atoms with Crippen molar-refractivity contribution in [1.82, 2.24) is 0 Å². The topological polar surface area (TPSA) is 36.9 Å². The number of hydrogen-bond acceptors (Lipinski definition) is 4. The Labute approximate surface area is 176 Å². The first kappa shape index (κ1) is 27.5. The van der Waals surface area contributed by atoms with E-state index in [-0.39, 0.29) is 0 Å². The molecule has 0 radical (unpaired) electrons. The van der Waals surface area contributed by atoms with E-state index in [0.717, 1.165) is 76.3 Å². The van der Waals surface area contributed by atoms with Crippen molar-refractivity contribution in [2.24, 2.45) is 0 Å². The maximum Gasteiger partial charge on any atom is 0.345 e. The predicted octanol–water partition coefficient (Wildman–Crippen LogP) is 6.51. The summed E-state index contributed by atoms with van der Waals surface area (Å²) in [5.41, 5.74) is 0. The van der Waals surface area contributed by atoms with Gasteiger partial charge in [-0.3, -0.25) is 0 Å². The minimum absolute atomic E-state index is 0.742. The molecular weight excluding hydrogens is 384 g/mol. The molecule has 0 unspecified atom stereocenters. The van der Waals surface area contributed by atoms with Gasteiger partial charge in [-0.05, 0) is 25.7 Å². The Morgan fingerprint density at radius 1 is 0.536 bits per heavy atom. The van der Waals surface area contributed by atoms with Crippen molar-refractivity contribution in [3.63, 3.8) is 0 Å². The second kappa shape index (κ2) is 17.4. The molecule has 0 aliphatic carbocycles. The molecule has 164 valence electrons. The Morgan fingerprint density at radius 3 is 1.04 bits per heavy atom. The van der Waals surface area contributed by atoms with Gasteiger partial charge in [-0.15, -0.1) is 13.2 Å². The molecule has 0 aliphatic heterocycles. The van der Waals surface area contributed by atoms with Crippen molar-refractivity contribution >= 4 is 17.1 Å². The van der Waals surface area contributed by atoms with E-state index >= 15 is 0 Å². The average molecular weight is 429 g/mol. The van der Waals surface area contributed by atoms with E-state index in [4.69, 9.17) is 17.7 Å². The fourth-order valence-electron chi connectivity index (χ4n) is 2.84. The third kappa shape index (κ3) is 11.5. The van der Waals surface area contributed by atoms with Crippen molar-refractivity contribution < 1.29 is 17.7 Å². The van der Waals surface area contributed by atoms with E-state index in [1.807, 2.05) is 12.2 Å². The maximum absolute atomic E-state index is 6.26. The second-order valence-corrected chi connectivity index (χ2v) is 13.5. The highest BCUT2D eigenvalue weighted by Crippen LogP contribution is 2.24. The average Bonchev–Trinajstić information content (AvgIpc) is 2.71. The van der Waals surface area contributed by atoms with E-state index in [1.54, 1.807) is 0 Å². The first-order valence-corrected chi connectivity index (χ1v) is 15.5. The van der Waals surface area contributed by atoms with Crippen molar-refractivity contribution in [3.8, 4) is 0 Å². The van der Waals surface area contributed by atoms with Gasteiger partial charge in [-0.2, -0.15) is 0 Å². The normalized spacial score (nSPS) is 12.6. The number of rotatable bonds is 20. The molecular formula is C22H44O4Si2. The third-order valence-corrected chi connectivity index (χ3v) is 10.7. The molecule has 0 saturated carbocycles. The molecule has 0 aromatic carbocycles. The van der Waals surface area contributed by atoms with Crippen LogP contribution in [-0.2, 0) is 17.7 Å². The van der Waals surface area contributed by atoms with Gasteiger partial charge in [0.25, 0.3) is 0 Å². The molecule has 6 heteroatoms. The molecule has 0 aliphatic rings. The summed E-state index contributed by atoms with van der Waals surface area (Å²) in [4.78, 5) is 0. The van der Waals surface area contributed by atoms with Crippen molar-refractivity contribution in [2.75, 3.05) is 26.4 Å². The number of allylic oxidation sites excluding steroid dienone is 4. The van der Waals surface area contributed by atoms with Crippen LogP contribution in [0.3, 0.4) is 0 Å². The second-order valence-electron chi connectivity index (χ2n) is 7.08. The van der Waals surface area contributed by atoms with E-state index < -0.39 is 17.1 Å². The van der Waals surface area contributed by atoms with Crippen LogP contribution in [0, 0.1) is 0 Å². The summed E-state index contributed by atoms with van der Waals surface area (Å²) in [6.45, 7) is 19.4. The van der Waals surface area contributed by atoms with Crippen molar-refractivity contribution in [1.29, 1.82) is 0 Å². The molecule has 0 aromatic rings. The molecule has 0 fully saturated rings. The smallest absolute Gasteiger partial charge is 0.345 e.